The number of hydrogen-bond acceptors (Lipinski definition) is 4. The van der Waals surface area contributed by atoms with E-state index < -0.39 is 0 Å². The molecule has 0 aliphatic carbocycles. The molecule has 0 radical (unpaired) electrons. The number of likely N-dealkylation sites (tertiary alicyclic amines) is 1. The van der Waals surface area contributed by atoms with E-state index in [9.17, 15) is 0 Å². The van der Waals surface area contributed by atoms with E-state index in [1.54, 1.807) is 0 Å². The lowest BCUT2D eigenvalue weighted by Crippen LogP contribution is -2.45. The van der Waals surface area contributed by atoms with Crippen molar-refractivity contribution in [3.63, 3.8) is 0 Å². The highest BCUT2D eigenvalue weighted by Gasteiger charge is 2.19. The van der Waals surface area contributed by atoms with E-state index in [4.69, 9.17) is 4.74 Å². The average Bonchev–Trinajstić information content (AvgIpc) is 2.65. The molecule has 0 saturated carbocycles. The Balaban J connectivity index is 0.00000364. The minimum Gasteiger partial charge on any atom is -0.475 e. The van der Waals surface area contributed by atoms with Gasteiger partial charge in [-0.15, -0.1) is 24.0 Å². The number of aliphatic imine (C=N–C) groups is 1. The summed E-state index contributed by atoms with van der Waals surface area (Å²) in [6.45, 7) is 10.2. The molecule has 1 aliphatic heterocycles. The zero-order valence-corrected chi connectivity index (χ0v) is 19.5. The van der Waals surface area contributed by atoms with Crippen molar-refractivity contribution in [3.8, 4) is 5.88 Å². The molecule has 2 heterocycles. The first-order chi connectivity index (χ1) is 12.6. The summed E-state index contributed by atoms with van der Waals surface area (Å²) < 4.78 is 5.57. The van der Waals surface area contributed by atoms with Crippen LogP contribution in [-0.4, -0.2) is 54.7 Å². The average molecular weight is 489 g/mol. The summed E-state index contributed by atoms with van der Waals surface area (Å²) >= 11 is 0. The summed E-state index contributed by atoms with van der Waals surface area (Å²) in [6, 6.07) is 4.69. The van der Waals surface area contributed by atoms with Gasteiger partial charge in [-0.2, -0.15) is 0 Å². The van der Waals surface area contributed by atoms with Gasteiger partial charge >= 0.3 is 0 Å². The predicted octanol–water partition coefficient (Wildman–Crippen LogP) is 3.42. The second kappa shape index (κ2) is 13.1. The Morgan fingerprint density at radius 2 is 2.15 bits per heavy atom. The molecule has 1 fully saturated rings. The molecule has 7 heteroatoms. The molecule has 154 valence electrons. The minimum absolute atomic E-state index is 0. The number of piperidine rings is 1. The number of rotatable bonds is 8. The highest BCUT2D eigenvalue weighted by Crippen LogP contribution is 2.18. The molecule has 0 bridgehead atoms. The van der Waals surface area contributed by atoms with E-state index in [1.807, 2.05) is 39.2 Å². The van der Waals surface area contributed by atoms with Crippen molar-refractivity contribution in [3.05, 3.63) is 23.9 Å². The van der Waals surface area contributed by atoms with Crippen LogP contribution in [0.4, 0.5) is 0 Å². The molecule has 6 nitrogen and oxygen atoms in total. The Morgan fingerprint density at radius 3 is 2.78 bits per heavy atom. The Hall–Kier alpha value is -1.09. The minimum atomic E-state index is 0. The lowest BCUT2D eigenvalue weighted by Gasteiger charge is -2.35. The summed E-state index contributed by atoms with van der Waals surface area (Å²) in [5.74, 6) is 1.50. The number of halogens is 1. The van der Waals surface area contributed by atoms with Crippen LogP contribution >= 0.6 is 24.0 Å². The number of pyridine rings is 1. The van der Waals surface area contributed by atoms with Crippen LogP contribution in [0.15, 0.2) is 23.3 Å². The standard InChI is InChI=1S/C20H35N5O.HI/c1-5-18-8-6-7-12-25(18)13-11-22-20(21-4)24-15-17-9-10-19(23-14-17)26-16(2)3;/h9-10,14,16,18H,5-8,11-13,15H2,1-4H3,(H2,21,22,24);1H. The largest absolute Gasteiger partial charge is 0.475 e. The van der Waals surface area contributed by atoms with Gasteiger partial charge in [0.15, 0.2) is 5.96 Å². The molecule has 27 heavy (non-hydrogen) atoms. The maximum Gasteiger partial charge on any atom is 0.213 e. The van der Waals surface area contributed by atoms with Crippen LogP contribution in [0, 0.1) is 0 Å². The highest BCUT2D eigenvalue weighted by atomic mass is 127. The van der Waals surface area contributed by atoms with Crippen molar-refractivity contribution in [2.24, 2.45) is 4.99 Å². The van der Waals surface area contributed by atoms with E-state index in [2.05, 4.69) is 32.4 Å². The second-order valence-electron chi connectivity index (χ2n) is 7.12. The molecule has 1 aliphatic rings. The van der Waals surface area contributed by atoms with Gasteiger partial charge in [0.25, 0.3) is 0 Å². The van der Waals surface area contributed by atoms with Crippen LogP contribution in [0.3, 0.4) is 0 Å². The smallest absolute Gasteiger partial charge is 0.213 e. The molecule has 1 saturated heterocycles. The summed E-state index contributed by atoms with van der Waals surface area (Å²) in [4.78, 5) is 11.3. The van der Waals surface area contributed by atoms with Crippen LogP contribution in [-0.2, 0) is 6.54 Å². The van der Waals surface area contributed by atoms with Crippen LogP contribution in [0.1, 0.15) is 52.0 Å². The first-order valence-corrected chi connectivity index (χ1v) is 9.92. The maximum absolute atomic E-state index is 5.57. The van der Waals surface area contributed by atoms with Gasteiger partial charge in [0.1, 0.15) is 0 Å². The van der Waals surface area contributed by atoms with Gasteiger partial charge in [0, 0.05) is 45.0 Å². The second-order valence-corrected chi connectivity index (χ2v) is 7.12. The van der Waals surface area contributed by atoms with Crippen LogP contribution < -0.4 is 15.4 Å². The first-order valence-electron chi connectivity index (χ1n) is 9.92. The third kappa shape index (κ3) is 8.64. The Labute approximate surface area is 181 Å². The Bertz CT molecular complexity index is 550. The molecule has 2 N–H and O–H groups in total. The number of hydrogen-bond donors (Lipinski definition) is 2. The summed E-state index contributed by atoms with van der Waals surface area (Å²) in [7, 11) is 1.81. The number of guanidine groups is 1. The molecule has 2 rings (SSSR count). The van der Waals surface area contributed by atoms with Gasteiger partial charge in [-0.3, -0.25) is 9.89 Å². The molecule has 1 aromatic heterocycles. The molecule has 0 amide bonds. The Kier molecular flexibility index (Phi) is 11.7. The first kappa shape index (κ1) is 23.9. The van der Waals surface area contributed by atoms with Crippen molar-refractivity contribution in [1.29, 1.82) is 0 Å². The SMILES string of the molecule is CCC1CCCCN1CCNC(=NC)NCc1ccc(OC(C)C)nc1.I. The van der Waals surface area contributed by atoms with E-state index in [1.165, 1.54) is 32.2 Å². The van der Waals surface area contributed by atoms with Crippen LogP contribution in [0.5, 0.6) is 5.88 Å². The van der Waals surface area contributed by atoms with Crippen molar-refractivity contribution in [2.75, 3.05) is 26.7 Å². The predicted molar refractivity (Wildman–Crippen MR) is 123 cm³/mol. The van der Waals surface area contributed by atoms with Gasteiger partial charge in [-0.25, -0.2) is 4.98 Å². The highest BCUT2D eigenvalue weighted by molar-refractivity contribution is 14.0. The zero-order chi connectivity index (χ0) is 18.8. The van der Waals surface area contributed by atoms with Crippen molar-refractivity contribution < 1.29 is 4.74 Å². The fourth-order valence-corrected chi connectivity index (χ4v) is 3.37. The zero-order valence-electron chi connectivity index (χ0n) is 17.2. The Morgan fingerprint density at radius 1 is 1.33 bits per heavy atom. The van der Waals surface area contributed by atoms with Crippen molar-refractivity contribution >= 4 is 29.9 Å². The van der Waals surface area contributed by atoms with Crippen molar-refractivity contribution in [2.45, 2.75) is 65.1 Å². The molecule has 1 unspecified atom stereocenters. The quantitative estimate of drug-likeness (QED) is 0.333. The fraction of sp³-hybridized carbons (Fsp3) is 0.700. The number of nitrogens with one attached hydrogen (secondary N) is 2. The molecule has 1 aromatic rings. The summed E-state index contributed by atoms with van der Waals surface area (Å²) in [5, 5.41) is 6.77. The summed E-state index contributed by atoms with van der Waals surface area (Å²) in [6.07, 6.45) is 7.27. The lowest BCUT2D eigenvalue weighted by molar-refractivity contribution is 0.147. The van der Waals surface area contributed by atoms with Gasteiger partial charge in [-0.1, -0.05) is 19.4 Å². The molecular weight excluding hydrogens is 453 g/mol. The number of nitrogens with zero attached hydrogens (tertiary/aromatic N) is 3. The summed E-state index contributed by atoms with van der Waals surface area (Å²) in [5.41, 5.74) is 1.10. The van der Waals surface area contributed by atoms with E-state index in [0.29, 0.717) is 12.4 Å². The third-order valence-corrected chi connectivity index (χ3v) is 4.75. The third-order valence-electron chi connectivity index (χ3n) is 4.75. The van der Waals surface area contributed by atoms with E-state index in [-0.39, 0.29) is 30.1 Å². The fourth-order valence-electron chi connectivity index (χ4n) is 3.37. The van der Waals surface area contributed by atoms with Crippen LogP contribution in [0.2, 0.25) is 0 Å². The topological polar surface area (TPSA) is 61.8 Å². The molecular formula is C20H36IN5O. The van der Waals surface area contributed by atoms with Gasteiger partial charge < -0.3 is 15.4 Å². The van der Waals surface area contributed by atoms with E-state index in [0.717, 1.165) is 30.7 Å². The number of ether oxygens (including phenoxy) is 1. The molecule has 1 atom stereocenters. The number of aromatic nitrogens is 1. The normalized spacial score (nSPS) is 18.1. The monoisotopic (exact) mass is 489 g/mol. The molecule has 0 spiro atoms. The van der Waals surface area contributed by atoms with Gasteiger partial charge in [0.2, 0.25) is 5.88 Å². The lowest BCUT2D eigenvalue weighted by atomic mass is 10.0. The van der Waals surface area contributed by atoms with E-state index >= 15 is 0 Å². The van der Waals surface area contributed by atoms with Crippen molar-refractivity contribution in [1.82, 2.24) is 20.5 Å². The maximum atomic E-state index is 5.57. The molecule has 0 aromatic carbocycles. The van der Waals surface area contributed by atoms with Crippen LogP contribution in [0.25, 0.3) is 0 Å². The van der Waals surface area contributed by atoms with Gasteiger partial charge in [-0.05, 0) is 45.2 Å². The van der Waals surface area contributed by atoms with Gasteiger partial charge in [0.05, 0.1) is 6.10 Å².